The van der Waals surface area contributed by atoms with E-state index in [-0.39, 0.29) is 6.09 Å². The van der Waals surface area contributed by atoms with Crippen molar-refractivity contribution in [2.24, 2.45) is 0 Å². The summed E-state index contributed by atoms with van der Waals surface area (Å²) in [4.78, 5) is 24.6. The number of rotatable bonds is 2. The molecule has 21 heavy (non-hydrogen) atoms. The monoisotopic (exact) mass is 286 g/mol. The number of hydrogen-bond donors (Lipinski definition) is 0. The lowest BCUT2D eigenvalue weighted by molar-refractivity contribution is 0.105. The maximum absolute atomic E-state index is 11.7. The molecule has 2 aliphatic heterocycles. The van der Waals surface area contributed by atoms with E-state index in [0.29, 0.717) is 19.7 Å². The fourth-order valence-electron chi connectivity index (χ4n) is 2.40. The third-order valence-electron chi connectivity index (χ3n) is 3.52. The number of imidazole rings is 1. The quantitative estimate of drug-likeness (QED) is 0.843. The summed E-state index contributed by atoms with van der Waals surface area (Å²) in [6.07, 6.45) is -0.238. The Morgan fingerprint density at radius 3 is 2.29 bits per heavy atom. The number of hydrogen-bond acceptors (Lipinski definition) is 5. The van der Waals surface area contributed by atoms with Gasteiger partial charge in [0.1, 0.15) is 0 Å². The first-order valence-electron chi connectivity index (χ1n) is 7.17. The maximum atomic E-state index is 11.7. The normalized spacial score (nSPS) is 15.3. The topological polar surface area (TPSA) is 58.6 Å². The summed E-state index contributed by atoms with van der Waals surface area (Å²) >= 11 is 0. The molecule has 0 aromatic carbocycles. The summed E-state index contributed by atoms with van der Waals surface area (Å²) < 4.78 is 5.02. The van der Waals surface area contributed by atoms with Gasteiger partial charge in [-0.1, -0.05) is 18.2 Å². The zero-order chi connectivity index (χ0) is 14.7. The fraction of sp³-hybridized carbons (Fsp3) is 0.400. The second-order valence-electron chi connectivity index (χ2n) is 4.88. The highest BCUT2D eigenvalue weighted by Gasteiger charge is 2.24. The lowest BCUT2D eigenvalue weighted by atomic mass is 10.3. The van der Waals surface area contributed by atoms with Crippen LogP contribution in [0.1, 0.15) is 6.92 Å². The Morgan fingerprint density at radius 2 is 1.71 bits per heavy atom. The van der Waals surface area contributed by atoms with E-state index in [2.05, 4.69) is 14.9 Å². The number of anilines is 1. The molecule has 110 valence electrons. The van der Waals surface area contributed by atoms with Crippen molar-refractivity contribution in [3.05, 3.63) is 30.3 Å². The summed E-state index contributed by atoms with van der Waals surface area (Å²) in [5.41, 5.74) is 1.78. The van der Waals surface area contributed by atoms with Crippen molar-refractivity contribution in [1.29, 1.82) is 0 Å². The summed E-state index contributed by atoms with van der Waals surface area (Å²) in [6.45, 7) is 4.95. The van der Waals surface area contributed by atoms with Gasteiger partial charge in [-0.05, 0) is 19.1 Å². The number of fused-ring (bicyclic) bond motifs is 1. The van der Waals surface area contributed by atoms with Crippen LogP contribution in [0.5, 0.6) is 0 Å². The smallest absolute Gasteiger partial charge is 0.409 e. The highest BCUT2D eigenvalue weighted by Crippen LogP contribution is 2.22. The highest BCUT2D eigenvalue weighted by atomic mass is 16.6. The average molecular weight is 286 g/mol. The predicted octanol–water partition coefficient (Wildman–Crippen LogP) is 1.86. The van der Waals surface area contributed by atoms with Crippen LogP contribution in [0, 0.1) is 0 Å². The third-order valence-corrected chi connectivity index (χ3v) is 3.52. The highest BCUT2D eigenvalue weighted by molar-refractivity contribution is 5.68. The van der Waals surface area contributed by atoms with Crippen LogP contribution in [-0.4, -0.2) is 53.7 Å². The molecule has 0 unspecified atom stereocenters. The van der Waals surface area contributed by atoms with E-state index in [9.17, 15) is 4.79 Å². The molecule has 1 amide bonds. The first-order chi connectivity index (χ1) is 10.3. The van der Waals surface area contributed by atoms with Crippen molar-refractivity contribution in [3.63, 3.8) is 0 Å². The molecule has 3 aliphatic rings. The van der Waals surface area contributed by atoms with E-state index in [1.807, 2.05) is 37.3 Å². The summed E-state index contributed by atoms with van der Waals surface area (Å²) in [7, 11) is 0. The summed E-state index contributed by atoms with van der Waals surface area (Å²) in [6, 6.07) is 9.79. The minimum Gasteiger partial charge on any atom is -0.450 e. The van der Waals surface area contributed by atoms with E-state index < -0.39 is 0 Å². The minimum absolute atomic E-state index is 0.238. The molecule has 1 aliphatic carbocycles. The lowest BCUT2D eigenvalue weighted by Gasteiger charge is -2.33. The Hall–Kier alpha value is -2.37. The molecule has 1 saturated heterocycles. The van der Waals surface area contributed by atoms with Crippen molar-refractivity contribution < 1.29 is 9.53 Å². The van der Waals surface area contributed by atoms with Gasteiger partial charge in [0.25, 0.3) is 0 Å². The first-order valence-corrected chi connectivity index (χ1v) is 7.17. The van der Waals surface area contributed by atoms with Crippen molar-refractivity contribution in [3.8, 4) is 11.4 Å². The van der Waals surface area contributed by atoms with E-state index in [1.54, 1.807) is 4.90 Å². The van der Waals surface area contributed by atoms with Gasteiger partial charge in [0.15, 0.2) is 0 Å². The van der Waals surface area contributed by atoms with Crippen LogP contribution >= 0.6 is 0 Å². The largest absolute Gasteiger partial charge is 0.450 e. The second kappa shape index (κ2) is 5.95. The number of carbonyl (C=O) groups is 1. The Balaban J connectivity index is 1.69. The standard InChI is InChI=1S/C15H18N4O2/c1-2-21-15(20)19-10-8-18(9-11-19)14-16-12-6-4-3-5-7-13(12)17-14/h3-7H,2,8-11H2,1H3. The van der Waals surface area contributed by atoms with Crippen LogP contribution in [0.4, 0.5) is 10.7 Å². The van der Waals surface area contributed by atoms with Gasteiger partial charge in [0.2, 0.25) is 5.95 Å². The van der Waals surface area contributed by atoms with E-state index >= 15 is 0 Å². The Kier molecular flexibility index (Phi) is 3.85. The van der Waals surface area contributed by atoms with E-state index in [1.165, 1.54) is 0 Å². The van der Waals surface area contributed by atoms with Gasteiger partial charge in [-0.3, -0.25) is 0 Å². The number of aromatic nitrogens is 2. The molecule has 0 bridgehead atoms. The van der Waals surface area contributed by atoms with Gasteiger partial charge in [-0.2, -0.15) is 0 Å². The molecule has 0 radical (unpaired) electrons. The van der Waals surface area contributed by atoms with Gasteiger partial charge >= 0.3 is 6.09 Å². The number of piperazine rings is 1. The molecule has 6 heteroatoms. The zero-order valence-corrected chi connectivity index (χ0v) is 12.0. The van der Waals surface area contributed by atoms with Crippen LogP contribution in [0.2, 0.25) is 0 Å². The van der Waals surface area contributed by atoms with Crippen LogP contribution in [0.3, 0.4) is 0 Å². The molecule has 2 heterocycles. The maximum Gasteiger partial charge on any atom is 0.409 e. The summed E-state index contributed by atoms with van der Waals surface area (Å²) in [5, 5.41) is 0. The molecule has 0 aromatic heterocycles. The van der Waals surface area contributed by atoms with Gasteiger partial charge < -0.3 is 14.5 Å². The van der Waals surface area contributed by atoms with Crippen LogP contribution in [0.15, 0.2) is 30.3 Å². The number of carbonyl (C=O) groups excluding carboxylic acids is 1. The number of amides is 1. The van der Waals surface area contributed by atoms with Crippen molar-refractivity contribution >= 4 is 12.0 Å². The molecule has 6 nitrogen and oxygen atoms in total. The van der Waals surface area contributed by atoms with Crippen LogP contribution < -0.4 is 4.90 Å². The van der Waals surface area contributed by atoms with E-state index in [4.69, 9.17) is 4.74 Å². The fourth-order valence-corrected chi connectivity index (χ4v) is 2.40. The third kappa shape index (κ3) is 2.89. The molecule has 0 N–H and O–H groups in total. The summed E-state index contributed by atoms with van der Waals surface area (Å²) in [5.74, 6) is 0.736. The molecular formula is C15H18N4O2. The minimum atomic E-state index is -0.238. The molecule has 3 rings (SSSR count). The Morgan fingerprint density at radius 1 is 1.10 bits per heavy atom. The zero-order valence-electron chi connectivity index (χ0n) is 12.0. The number of ether oxygens (including phenoxy) is 1. The number of nitrogens with zero attached hydrogens (tertiary/aromatic N) is 4. The van der Waals surface area contributed by atoms with Crippen LogP contribution in [0.25, 0.3) is 11.4 Å². The molecule has 0 saturated carbocycles. The molecular weight excluding hydrogens is 268 g/mol. The molecule has 0 aromatic rings. The van der Waals surface area contributed by atoms with Gasteiger partial charge in [0, 0.05) is 26.2 Å². The van der Waals surface area contributed by atoms with E-state index in [0.717, 1.165) is 30.4 Å². The second-order valence-corrected chi connectivity index (χ2v) is 4.88. The van der Waals surface area contributed by atoms with Crippen LogP contribution in [-0.2, 0) is 4.74 Å². The molecule has 0 atom stereocenters. The SMILES string of the molecule is CCOC(=O)N1CCN(c2nc3cccccc-3n2)CC1. The van der Waals surface area contributed by atoms with Crippen molar-refractivity contribution in [1.82, 2.24) is 14.9 Å². The predicted molar refractivity (Wildman–Crippen MR) is 79.5 cm³/mol. The Labute approximate surface area is 123 Å². The van der Waals surface area contributed by atoms with Crippen molar-refractivity contribution in [2.75, 3.05) is 37.7 Å². The average Bonchev–Trinajstić information content (AvgIpc) is 2.79. The molecule has 0 spiro atoms. The lowest BCUT2D eigenvalue weighted by Crippen LogP contribution is -2.49. The first kappa shape index (κ1) is 13.6. The van der Waals surface area contributed by atoms with Gasteiger partial charge in [-0.25, -0.2) is 14.8 Å². The Bertz CT molecular complexity index is 565. The van der Waals surface area contributed by atoms with Gasteiger partial charge in [0.05, 0.1) is 18.0 Å². The van der Waals surface area contributed by atoms with Gasteiger partial charge in [-0.15, -0.1) is 0 Å². The van der Waals surface area contributed by atoms with Crippen molar-refractivity contribution in [2.45, 2.75) is 6.92 Å². The molecule has 1 fully saturated rings.